The van der Waals surface area contributed by atoms with E-state index in [0.717, 1.165) is 5.56 Å². The first kappa shape index (κ1) is 14.7. The van der Waals surface area contributed by atoms with Crippen LogP contribution in [0.4, 0.5) is 4.39 Å². The van der Waals surface area contributed by atoms with Crippen LogP contribution in [-0.4, -0.2) is 6.61 Å². The highest BCUT2D eigenvalue weighted by Crippen LogP contribution is 2.16. The summed E-state index contributed by atoms with van der Waals surface area (Å²) in [5, 5.41) is 0. The van der Waals surface area contributed by atoms with E-state index in [4.69, 9.17) is 10.5 Å². The van der Waals surface area contributed by atoms with E-state index in [0.29, 0.717) is 12.2 Å². The van der Waals surface area contributed by atoms with Gasteiger partial charge in [0.15, 0.2) is 0 Å². The van der Waals surface area contributed by atoms with E-state index in [1.165, 1.54) is 17.2 Å². The molecular weight excluding hydrogens is 253 g/mol. The third-order valence-electron chi connectivity index (χ3n) is 3.47. The van der Waals surface area contributed by atoms with Gasteiger partial charge in [0.05, 0.1) is 19.3 Å². The molecular formula is C17H20FNO. The number of aryl methyl sites for hydroxylation is 2. The molecule has 3 heteroatoms. The lowest BCUT2D eigenvalue weighted by molar-refractivity contribution is 0.106. The maximum atomic E-state index is 13.4. The Balaban J connectivity index is 1.90. The van der Waals surface area contributed by atoms with Crippen molar-refractivity contribution >= 4 is 0 Å². The van der Waals surface area contributed by atoms with Gasteiger partial charge in [-0.3, -0.25) is 0 Å². The second-order valence-corrected chi connectivity index (χ2v) is 5.06. The van der Waals surface area contributed by atoms with Crippen LogP contribution in [0.5, 0.6) is 0 Å². The van der Waals surface area contributed by atoms with Crippen molar-refractivity contribution in [3.63, 3.8) is 0 Å². The topological polar surface area (TPSA) is 35.2 Å². The predicted octanol–water partition coefficient (Wildman–Crippen LogP) is 3.66. The summed E-state index contributed by atoms with van der Waals surface area (Å²) in [5.74, 6) is -0.243. The van der Waals surface area contributed by atoms with Gasteiger partial charge >= 0.3 is 0 Å². The molecule has 0 saturated heterocycles. The Morgan fingerprint density at radius 3 is 2.55 bits per heavy atom. The molecule has 0 spiro atoms. The van der Waals surface area contributed by atoms with E-state index in [1.807, 2.05) is 6.07 Å². The van der Waals surface area contributed by atoms with Crippen molar-refractivity contribution in [3.05, 3.63) is 70.5 Å². The van der Waals surface area contributed by atoms with Gasteiger partial charge in [-0.25, -0.2) is 4.39 Å². The van der Waals surface area contributed by atoms with E-state index in [1.54, 1.807) is 18.2 Å². The standard InChI is InChI=1S/C17H20FNO/c1-12-7-8-14(9-13(12)2)17(19)11-20-10-15-5-3-4-6-16(15)18/h3-9,17H,10-11,19H2,1-2H3. The normalized spacial score (nSPS) is 12.4. The van der Waals surface area contributed by atoms with Gasteiger partial charge in [0.1, 0.15) is 5.82 Å². The van der Waals surface area contributed by atoms with Crippen LogP contribution in [0.2, 0.25) is 0 Å². The molecule has 2 nitrogen and oxygen atoms in total. The Morgan fingerprint density at radius 2 is 1.85 bits per heavy atom. The lowest BCUT2D eigenvalue weighted by Crippen LogP contribution is -2.17. The molecule has 0 aromatic heterocycles. The summed E-state index contributed by atoms with van der Waals surface area (Å²) >= 11 is 0. The number of hydrogen-bond donors (Lipinski definition) is 1. The lowest BCUT2D eigenvalue weighted by atomic mass is 10.0. The van der Waals surface area contributed by atoms with Gasteiger partial charge in [0, 0.05) is 5.56 Å². The second-order valence-electron chi connectivity index (χ2n) is 5.06. The van der Waals surface area contributed by atoms with Crippen LogP contribution < -0.4 is 5.73 Å². The zero-order chi connectivity index (χ0) is 14.5. The highest BCUT2D eigenvalue weighted by Gasteiger charge is 2.08. The van der Waals surface area contributed by atoms with Crippen LogP contribution >= 0.6 is 0 Å². The van der Waals surface area contributed by atoms with Crippen LogP contribution in [-0.2, 0) is 11.3 Å². The number of rotatable bonds is 5. The third-order valence-corrected chi connectivity index (χ3v) is 3.47. The van der Waals surface area contributed by atoms with Gasteiger partial charge in [-0.05, 0) is 36.6 Å². The molecule has 0 saturated carbocycles. The summed E-state index contributed by atoms with van der Waals surface area (Å²) in [7, 11) is 0. The average molecular weight is 273 g/mol. The number of hydrogen-bond acceptors (Lipinski definition) is 2. The number of nitrogens with two attached hydrogens (primary N) is 1. The molecule has 0 aliphatic heterocycles. The van der Waals surface area contributed by atoms with Crippen molar-refractivity contribution in [3.8, 4) is 0 Å². The minimum atomic E-state index is -0.243. The first-order chi connectivity index (χ1) is 9.58. The highest BCUT2D eigenvalue weighted by molar-refractivity contribution is 5.31. The van der Waals surface area contributed by atoms with E-state index >= 15 is 0 Å². The summed E-state index contributed by atoms with van der Waals surface area (Å²) in [6.07, 6.45) is 0. The number of halogens is 1. The fourth-order valence-corrected chi connectivity index (χ4v) is 2.00. The van der Waals surface area contributed by atoms with Crippen molar-refractivity contribution < 1.29 is 9.13 Å². The molecule has 20 heavy (non-hydrogen) atoms. The van der Waals surface area contributed by atoms with Gasteiger partial charge < -0.3 is 10.5 Å². The van der Waals surface area contributed by atoms with Gasteiger partial charge in [-0.15, -0.1) is 0 Å². The van der Waals surface area contributed by atoms with Crippen LogP contribution in [0.25, 0.3) is 0 Å². The molecule has 1 atom stereocenters. The molecule has 2 aromatic rings. The highest BCUT2D eigenvalue weighted by atomic mass is 19.1. The molecule has 2 N–H and O–H groups in total. The molecule has 1 unspecified atom stereocenters. The molecule has 0 aliphatic carbocycles. The molecule has 0 fully saturated rings. The monoisotopic (exact) mass is 273 g/mol. The first-order valence-electron chi connectivity index (χ1n) is 6.72. The summed E-state index contributed by atoms with van der Waals surface area (Å²) < 4.78 is 18.9. The number of ether oxygens (including phenoxy) is 1. The molecule has 0 aliphatic rings. The van der Waals surface area contributed by atoms with Crippen molar-refractivity contribution in [2.75, 3.05) is 6.61 Å². The smallest absolute Gasteiger partial charge is 0.128 e. The third kappa shape index (κ3) is 3.65. The van der Waals surface area contributed by atoms with Gasteiger partial charge in [0.2, 0.25) is 0 Å². The van der Waals surface area contributed by atoms with Crippen molar-refractivity contribution in [2.24, 2.45) is 5.73 Å². The first-order valence-corrected chi connectivity index (χ1v) is 6.72. The van der Waals surface area contributed by atoms with E-state index in [-0.39, 0.29) is 18.5 Å². The van der Waals surface area contributed by atoms with Crippen molar-refractivity contribution in [1.82, 2.24) is 0 Å². The Kier molecular flexibility index (Phi) is 4.88. The van der Waals surface area contributed by atoms with Crippen LogP contribution in [0, 0.1) is 19.7 Å². The Bertz CT molecular complexity index is 583. The molecule has 0 amide bonds. The van der Waals surface area contributed by atoms with E-state index in [9.17, 15) is 4.39 Å². The zero-order valence-corrected chi connectivity index (χ0v) is 11.9. The maximum Gasteiger partial charge on any atom is 0.128 e. The summed E-state index contributed by atoms with van der Waals surface area (Å²) in [4.78, 5) is 0. The van der Waals surface area contributed by atoms with Crippen molar-refractivity contribution in [2.45, 2.75) is 26.5 Å². The largest absolute Gasteiger partial charge is 0.375 e. The fraction of sp³-hybridized carbons (Fsp3) is 0.294. The Hall–Kier alpha value is -1.71. The molecule has 106 valence electrons. The van der Waals surface area contributed by atoms with Crippen LogP contribution in [0.1, 0.15) is 28.3 Å². The quantitative estimate of drug-likeness (QED) is 0.902. The average Bonchev–Trinajstić information content (AvgIpc) is 2.44. The molecule has 2 aromatic carbocycles. The SMILES string of the molecule is Cc1ccc(C(N)COCc2ccccc2F)cc1C. The van der Waals surface area contributed by atoms with Gasteiger partial charge in [0.25, 0.3) is 0 Å². The van der Waals surface area contributed by atoms with Crippen LogP contribution in [0.15, 0.2) is 42.5 Å². The van der Waals surface area contributed by atoms with Crippen molar-refractivity contribution in [1.29, 1.82) is 0 Å². The number of benzene rings is 2. The predicted molar refractivity (Wildman–Crippen MR) is 78.9 cm³/mol. The molecule has 2 rings (SSSR count). The Labute approximate surface area is 119 Å². The minimum Gasteiger partial charge on any atom is -0.375 e. The summed E-state index contributed by atoms with van der Waals surface area (Å²) in [6.45, 7) is 4.74. The molecule has 0 radical (unpaired) electrons. The molecule has 0 heterocycles. The molecule has 0 bridgehead atoms. The lowest BCUT2D eigenvalue weighted by Gasteiger charge is -2.14. The van der Waals surface area contributed by atoms with E-state index in [2.05, 4.69) is 26.0 Å². The summed E-state index contributed by atoms with van der Waals surface area (Å²) in [5.41, 5.74) is 10.2. The minimum absolute atomic E-state index is 0.193. The maximum absolute atomic E-state index is 13.4. The fourth-order valence-electron chi connectivity index (χ4n) is 2.00. The zero-order valence-electron chi connectivity index (χ0n) is 11.9. The second kappa shape index (κ2) is 6.64. The van der Waals surface area contributed by atoms with Gasteiger partial charge in [-0.1, -0.05) is 36.4 Å². The van der Waals surface area contributed by atoms with Crippen LogP contribution in [0.3, 0.4) is 0 Å². The summed E-state index contributed by atoms with van der Waals surface area (Å²) in [6, 6.07) is 12.6. The van der Waals surface area contributed by atoms with Gasteiger partial charge in [-0.2, -0.15) is 0 Å². The Morgan fingerprint density at radius 1 is 1.10 bits per heavy atom. The van der Waals surface area contributed by atoms with E-state index < -0.39 is 0 Å².